The van der Waals surface area contributed by atoms with Crippen molar-refractivity contribution in [3.8, 4) is 0 Å². The second-order valence-corrected chi connectivity index (χ2v) is 9.09. The molecule has 7 heteroatoms. The first-order valence-electron chi connectivity index (χ1n) is 9.27. The standard InChI is InChI=1S/C20H24N4O2S/c1-20(2,3)16-11-18(26-23-16)22-17(25)12-24-10-6-8-14(24)19-21-13-7-4-5-9-15(13)27-19/h4-5,7,9,11,14H,6,8,10,12H2,1-3H3,(H,22,25). The summed E-state index contributed by atoms with van der Waals surface area (Å²) in [4.78, 5) is 19.5. The number of rotatable bonds is 4. The number of fused-ring (bicyclic) bond motifs is 1. The zero-order chi connectivity index (χ0) is 19.0. The minimum atomic E-state index is -0.112. The predicted octanol–water partition coefficient (Wildman–Crippen LogP) is 4.36. The molecule has 1 aliphatic rings. The van der Waals surface area contributed by atoms with Gasteiger partial charge in [0.05, 0.1) is 28.5 Å². The van der Waals surface area contributed by atoms with Gasteiger partial charge in [0.2, 0.25) is 11.8 Å². The van der Waals surface area contributed by atoms with Crippen LogP contribution in [0.15, 0.2) is 34.9 Å². The van der Waals surface area contributed by atoms with Crippen molar-refractivity contribution in [2.24, 2.45) is 0 Å². The van der Waals surface area contributed by atoms with Gasteiger partial charge in [0, 0.05) is 11.5 Å². The van der Waals surface area contributed by atoms with E-state index >= 15 is 0 Å². The highest BCUT2D eigenvalue weighted by Crippen LogP contribution is 2.36. The second-order valence-electron chi connectivity index (χ2n) is 8.02. The molecular weight excluding hydrogens is 360 g/mol. The van der Waals surface area contributed by atoms with E-state index in [1.807, 2.05) is 18.2 Å². The fourth-order valence-electron chi connectivity index (χ4n) is 3.38. The molecule has 0 saturated carbocycles. The Labute approximate surface area is 162 Å². The molecule has 1 aromatic carbocycles. The molecule has 1 amide bonds. The first-order chi connectivity index (χ1) is 12.9. The number of carbonyl (C=O) groups excluding carboxylic acids is 1. The third-order valence-electron chi connectivity index (χ3n) is 4.85. The van der Waals surface area contributed by atoms with Gasteiger partial charge in [0.25, 0.3) is 0 Å². The van der Waals surface area contributed by atoms with Crippen molar-refractivity contribution >= 4 is 33.3 Å². The highest BCUT2D eigenvalue weighted by atomic mass is 32.1. The summed E-state index contributed by atoms with van der Waals surface area (Å²) in [6.07, 6.45) is 2.11. The summed E-state index contributed by atoms with van der Waals surface area (Å²) in [5.74, 6) is 0.320. The molecule has 6 nitrogen and oxygen atoms in total. The molecule has 4 rings (SSSR count). The van der Waals surface area contributed by atoms with E-state index in [-0.39, 0.29) is 17.4 Å². The SMILES string of the molecule is CC(C)(C)c1cc(NC(=O)CN2CCCC2c2nc3ccccc3s2)on1. The Morgan fingerprint density at radius 2 is 2.19 bits per heavy atom. The number of nitrogens with one attached hydrogen (secondary N) is 1. The molecule has 0 bridgehead atoms. The number of hydrogen-bond acceptors (Lipinski definition) is 6. The molecule has 1 fully saturated rings. The molecule has 142 valence electrons. The van der Waals surface area contributed by atoms with Crippen molar-refractivity contribution < 1.29 is 9.32 Å². The number of aromatic nitrogens is 2. The summed E-state index contributed by atoms with van der Waals surface area (Å²) < 4.78 is 6.46. The van der Waals surface area contributed by atoms with Gasteiger partial charge in [-0.05, 0) is 31.5 Å². The van der Waals surface area contributed by atoms with Crippen molar-refractivity contribution in [3.05, 3.63) is 41.0 Å². The van der Waals surface area contributed by atoms with Crippen LogP contribution in [0.3, 0.4) is 0 Å². The number of anilines is 1. The van der Waals surface area contributed by atoms with Crippen molar-refractivity contribution in [2.45, 2.75) is 45.1 Å². The van der Waals surface area contributed by atoms with Crippen LogP contribution in [-0.4, -0.2) is 34.0 Å². The smallest absolute Gasteiger partial charge is 0.240 e. The Balaban J connectivity index is 1.43. The van der Waals surface area contributed by atoms with Crippen LogP contribution in [0.25, 0.3) is 10.2 Å². The third-order valence-corrected chi connectivity index (χ3v) is 5.98. The number of likely N-dealkylation sites (tertiary alicyclic amines) is 1. The maximum Gasteiger partial charge on any atom is 0.240 e. The van der Waals surface area contributed by atoms with Crippen LogP contribution in [0, 0.1) is 0 Å². The van der Waals surface area contributed by atoms with Crippen molar-refractivity contribution in [3.63, 3.8) is 0 Å². The zero-order valence-corrected chi connectivity index (χ0v) is 16.7. The first-order valence-corrected chi connectivity index (χ1v) is 10.1. The molecule has 1 saturated heterocycles. The van der Waals surface area contributed by atoms with E-state index in [1.54, 1.807) is 17.4 Å². The summed E-state index contributed by atoms with van der Waals surface area (Å²) in [5.41, 5.74) is 1.75. The van der Waals surface area contributed by atoms with Crippen LogP contribution < -0.4 is 5.32 Å². The Bertz CT molecular complexity index is 923. The van der Waals surface area contributed by atoms with E-state index in [9.17, 15) is 4.79 Å². The minimum absolute atomic E-state index is 0.0837. The lowest BCUT2D eigenvalue weighted by Crippen LogP contribution is -2.32. The van der Waals surface area contributed by atoms with Crippen LogP contribution in [-0.2, 0) is 10.2 Å². The van der Waals surface area contributed by atoms with E-state index in [4.69, 9.17) is 9.51 Å². The molecule has 1 N–H and O–H groups in total. The number of para-hydroxylation sites is 1. The van der Waals surface area contributed by atoms with Gasteiger partial charge in [-0.3, -0.25) is 15.0 Å². The summed E-state index contributed by atoms with van der Waals surface area (Å²) in [6, 6.07) is 10.2. The van der Waals surface area contributed by atoms with Crippen LogP contribution in [0.4, 0.5) is 5.88 Å². The van der Waals surface area contributed by atoms with Crippen LogP contribution in [0.1, 0.15) is 50.4 Å². The number of hydrogen-bond donors (Lipinski definition) is 1. The second kappa shape index (κ2) is 7.05. The molecule has 2 aromatic heterocycles. The average molecular weight is 385 g/mol. The van der Waals surface area contributed by atoms with E-state index in [0.29, 0.717) is 12.4 Å². The molecule has 1 unspecified atom stereocenters. The topological polar surface area (TPSA) is 71.3 Å². The quantitative estimate of drug-likeness (QED) is 0.724. The number of thiazole rings is 1. The van der Waals surface area contributed by atoms with E-state index in [0.717, 1.165) is 35.6 Å². The summed E-state index contributed by atoms with van der Waals surface area (Å²) in [7, 11) is 0. The molecule has 0 radical (unpaired) electrons. The molecular formula is C20H24N4O2S. The van der Waals surface area contributed by atoms with Gasteiger partial charge in [-0.15, -0.1) is 11.3 Å². The van der Waals surface area contributed by atoms with Crippen molar-refractivity contribution in [1.82, 2.24) is 15.0 Å². The summed E-state index contributed by atoms with van der Waals surface area (Å²) in [5, 5.41) is 7.97. The number of nitrogens with zero attached hydrogens (tertiary/aromatic N) is 3. The van der Waals surface area contributed by atoms with Gasteiger partial charge < -0.3 is 4.52 Å². The molecule has 1 aliphatic heterocycles. The lowest BCUT2D eigenvalue weighted by Gasteiger charge is -2.21. The van der Waals surface area contributed by atoms with Crippen LogP contribution in [0.2, 0.25) is 0 Å². The van der Waals surface area contributed by atoms with Crippen molar-refractivity contribution in [1.29, 1.82) is 0 Å². The molecule has 0 spiro atoms. The highest BCUT2D eigenvalue weighted by molar-refractivity contribution is 7.18. The fraction of sp³-hybridized carbons (Fsp3) is 0.450. The fourth-order valence-corrected chi connectivity index (χ4v) is 4.51. The van der Waals surface area contributed by atoms with Gasteiger partial charge in [-0.25, -0.2) is 4.98 Å². The number of amides is 1. The monoisotopic (exact) mass is 384 g/mol. The normalized spacial score (nSPS) is 18.3. The number of benzene rings is 1. The molecule has 0 aliphatic carbocycles. The Morgan fingerprint density at radius 1 is 1.37 bits per heavy atom. The van der Waals surface area contributed by atoms with E-state index < -0.39 is 0 Å². The number of carbonyl (C=O) groups is 1. The van der Waals surface area contributed by atoms with Gasteiger partial charge in [-0.1, -0.05) is 38.1 Å². The summed E-state index contributed by atoms with van der Waals surface area (Å²) >= 11 is 1.72. The van der Waals surface area contributed by atoms with E-state index in [1.165, 1.54) is 4.70 Å². The zero-order valence-electron chi connectivity index (χ0n) is 15.9. The maximum atomic E-state index is 12.5. The van der Waals surface area contributed by atoms with E-state index in [2.05, 4.69) is 42.2 Å². The average Bonchev–Trinajstić information content (AvgIpc) is 3.32. The predicted molar refractivity (Wildman–Crippen MR) is 107 cm³/mol. The lowest BCUT2D eigenvalue weighted by atomic mass is 9.92. The van der Waals surface area contributed by atoms with Gasteiger partial charge in [0.15, 0.2) is 0 Å². The Morgan fingerprint density at radius 3 is 2.93 bits per heavy atom. The Kier molecular flexibility index (Phi) is 4.74. The van der Waals surface area contributed by atoms with Gasteiger partial charge in [0.1, 0.15) is 5.01 Å². The maximum absolute atomic E-state index is 12.5. The highest BCUT2D eigenvalue weighted by Gasteiger charge is 2.30. The summed E-state index contributed by atoms with van der Waals surface area (Å²) in [6.45, 7) is 7.40. The van der Waals surface area contributed by atoms with Crippen LogP contribution in [0.5, 0.6) is 0 Å². The largest absolute Gasteiger partial charge is 0.338 e. The Hall–Kier alpha value is -2.25. The molecule has 27 heavy (non-hydrogen) atoms. The molecule has 1 atom stereocenters. The van der Waals surface area contributed by atoms with Crippen molar-refractivity contribution in [2.75, 3.05) is 18.4 Å². The molecule has 3 aromatic rings. The van der Waals surface area contributed by atoms with Gasteiger partial charge >= 0.3 is 0 Å². The van der Waals surface area contributed by atoms with Gasteiger partial charge in [-0.2, -0.15) is 0 Å². The van der Waals surface area contributed by atoms with Crippen LogP contribution >= 0.6 is 11.3 Å². The first kappa shape index (κ1) is 18.1. The minimum Gasteiger partial charge on any atom is -0.338 e. The third kappa shape index (κ3) is 3.89. The lowest BCUT2D eigenvalue weighted by molar-refractivity contribution is -0.117. The molecule has 3 heterocycles.